The van der Waals surface area contributed by atoms with Gasteiger partial charge >= 0.3 is 23.7 Å². The summed E-state index contributed by atoms with van der Waals surface area (Å²) in [6.07, 6.45) is 0. The molecule has 596 valence electrons. The fourth-order valence-corrected chi connectivity index (χ4v) is 14.8. The van der Waals surface area contributed by atoms with Gasteiger partial charge in [0.1, 0.15) is 27.9 Å². The summed E-state index contributed by atoms with van der Waals surface area (Å²) < 4.78 is 25.2. The molecule has 1 atom stereocenters. The van der Waals surface area contributed by atoms with Crippen LogP contribution in [-0.2, 0) is 5.91 Å². The van der Waals surface area contributed by atoms with Crippen LogP contribution in [0.1, 0.15) is 316 Å². The van der Waals surface area contributed by atoms with Crippen molar-refractivity contribution in [3.63, 3.8) is 0 Å². The highest BCUT2D eigenvalue weighted by atomic mass is 16.7. The number of fused-ring (bicyclic) bond motifs is 13. The van der Waals surface area contributed by atoms with Crippen LogP contribution in [0.3, 0.4) is 0 Å². The van der Waals surface area contributed by atoms with Crippen molar-refractivity contribution < 1.29 is 56.7 Å². The van der Waals surface area contributed by atoms with Gasteiger partial charge < -0.3 is 28.2 Å². The molecule has 0 radical (unpaired) electrons. The highest BCUT2D eigenvalue weighted by molar-refractivity contribution is 6.34. The monoisotopic (exact) mass is 1550 g/mol. The molecule has 17 rings (SSSR count). The lowest BCUT2D eigenvalue weighted by molar-refractivity contribution is -0.531. The summed E-state index contributed by atoms with van der Waals surface area (Å²) in [5.74, 6) is 2.67. The second-order valence-electron chi connectivity index (χ2n) is 34.0. The molecule has 4 aliphatic rings. The Bertz CT molecular complexity index is 5980. The predicted molar refractivity (Wildman–Crippen MR) is 461 cm³/mol. The second-order valence-corrected chi connectivity index (χ2v) is 34.0. The van der Waals surface area contributed by atoms with E-state index in [1.54, 1.807) is 28.8 Å². The molecule has 0 saturated heterocycles. The van der Waals surface area contributed by atoms with Crippen LogP contribution in [0.5, 0.6) is 5.75 Å². The number of carboxylic acids is 1. The summed E-state index contributed by atoms with van der Waals surface area (Å²) in [5, 5.41) is 20.7. The van der Waals surface area contributed by atoms with Crippen LogP contribution in [-0.4, -0.2) is 49.8 Å². The van der Waals surface area contributed by atoms with Crippen molar-refractivity contribution in [1.29, 1.82) is 0 Å². The smallest absolute Gasteiger partial charge is 0.429 e. The topological polar surface area (TPSA) is 211 Å². The minimum atomic E-state index is -1.74. The minimum Gasteiger partial charge on any atom is -0.478 e. The third kappa shape index (κ3) is 15.9. The molecule has 16 nitrogen and oxygen atoms in total. The Morgan fingerprint density at radius 3 is 1.33 bits per heavy atom. The molecule has 0 spiro atoms. The number of hydrogen-bond acceptors (Lipinski definition) is 12. The van der Waals surface area contributed by atoms with E-state index >= 15 is 0 Å². The van der Waals surface area contributed by atoms with Gasteiger partial charge in [0.05, 0.1) is 44.8 Å². The maximum Gasteiger partial charge on any atom is 0.429 e. The van der Waals surface area contributed by atoms with Crippen molar-refractivity contribution in [1.82, 2.24) is 9.97 Å². The zero-order valence-electron chi connectivity index (χ0n) is 70.5. The zero-order chi connectivity index (χ0) is 83.5. The Kier molecular flexibility index (Phi) is 23.2. The summed E-state index contributed by atoms with van der Waals surface area (Å²) in [5.41, 5.74) is 24.0. The van der Waals surface area contributed by atoms with E-state index in [1.807, 2.05) is 124 Å². The second kappa shape index (κ2) is 32.8. The number of carbonyl (C=O) groups is 5. The lowest BCUT2D eigenvalue weighted by Crippen LogP contribution is -2.44. The van der Waals surface area contributed by atoms with Crippen molar-refractivity contribution in [2.24, 2.45) is 0 Å². The Morgan fingerprint density at radius 2 is 0.784 bits per heavy atom. The Balaban J connectivity index is 0.000000126. The fourth-order valence-electron chi connectivity index (χ4n) is 14.8. The number of aliphatic hydroxyl groups is 1. The molecule has 0 fully saturated rings. The number of ether oxygens (including phenoxy) is 1. The number of carbonyl (C=O) groups excluding carboxylic acids is 4. The number of oxazole rings is 3. The molecule has 116 heavy (non-hydrogen) atoms. The van der Waals surface area contributed by atoms with E-state index in [1.165, 1.54) is 37.6 Å². The fraction of sp³-hybridized carbons (Fsp3) is 0.320. The van der Waals surface area contributed by atoms with E-state index in [-0.39, 0.29) is 35.1 Å². The standard InChI is InChI=1S/C21H23NO2.2C20H21NO3.C20H20NO2.C19H21NO/c1-12(2)15-8-9-17-18(10-15)21(24)22(20(17)23)19-11-16(13(3)4)7-6-14(19)5;1-11(2)13-5-7-16-15(9-13)19(22)21-17-10-14(12(3)4)6-8-18(17)24-20(16,21)23;1-11(2)13-5-7-15(16(9-13)20(22)23)19-21-17-10-14(12(3)4)6-8-18(17)24-19;1-11(2)13-5-7-15-16(9-13)19(22)21-17-10-14(12(3)4)6-8-18(17)23-20(15)21;1-12(2)14-5-7-15(8-6-14)19-20-17-11-16(13(3)4)9-10-18(17)21-19/h6-13H,1-5H3;5-12,23H,1-4H3;5-12H,1-4H3,(H,22,23);5-12H,1-4H3;5-13H,1-4H3/q;;;+1;. The third-order valence-electron chi connectivity index (χ3n) is 22.5. The van der Waals surface area contributed by atoms with Crippen LogP contribution in [0, 0.1) is 6.92 Å². The molecule has 3 aromatic heterocycles. The summed E-state index contributed by atoms with van der Waals surface area (Å²) in [4.78, 5) is 75.2. The molecule has 10 aromatic carbocycles. The molecule has 0 saturated carbocycles. The summed E-state index contributed by atoms with van der Waals surface area (Å²) >= 11 is 0. The SMILES string of the molecule is CC(C)c1ccc(-c2nc3cc(C(C)C)ccc3o2)c(C(=O)O)c1.CC(C)c1ccc(-c2nc3cc(C(C)C)ccc3o2)cc1.CC(C)c1ccc2c(c1)C(=O)N1c3cc(C(C)C)ccc3OC21O.CC(C)c1ccc2c(c1)C(=O)[n+]1c-2oc2ccc(C(C)C)cc21.Cc1ccc(C(C)C)cc1N1C(=O)c2ccc(C(C)C)cc2C1=O. The lowest BCUT2D eigenvalue weighted by atomic mass is 9.97. The molecule has 0 bridgehead atoms. The number of rotatable bonds is 14. The van der Waals surface area contributed by atoms with E-state index < -0.39 is 11.9 Å². The van der Waals surface area contributed by atoms with E-state index in [4.69, 9.17) is 18.0 Å². The maximum absolute atomic E-state index is 13.0. The van der Waals surface area contributed by atoms with Crippen LogP contribution < -0.4 is 19.1 Å². The van der Waals surface area contributed by atoms with Crippen molar-refractivity contribution in [2.75, 3.05) is 9.80 Å². The molecule has 16 heteroatoms. The van der Waals surface area contributed by atoms with Gasteiger partial charge in [-0.25, -0.2) is 29.4 Å². The molecule has 4 aliphatic heterocycles. The summed E-state index contributed by atoms with van der Waals surface area (Å²) in [6.45, 7) is 44.3. The van der Waals surface area contributed by atoms with Crippen molar-refractivity contribution >= 4 is 74.3 Å². The molecule has 3 amide bonds. The number of benzene rings is 10. The van der Waals surface area contributed by atoms with Crippen LogP contribution >= 0.6 is 0 Å². The highest BCUT2D eigenvalue weighted by Gasteiger charge is 2.57. The molecular formula is C100H106N5O11+. The van der Waals surface area contributed by atoms with Gasteiger partial charge in [0, 0.05) is 11.6 Å². The first kappa shape index (κ1) is 82.1. The lowest BCUT2D eigenvalue weighted by Gasteiger charge is -2.24. The van der Waals surface area contributed by atoms with E-state index in [2.05, 4.69) is 195 Å². The zero-order valence-corrected chi connectivity index (χ0v) is 70.5. The largest absolute Gasteiger partial charge is 0.478 e. The van der Waals surface area contributed by atoms with E-state index in [0.29, 0.717) is 121 Å². The average Bonchev–Trinajstić information content (AvgIpc) is 1.54. The number of aromatic carboxylic acids is 1. The van der Waals surface area contributed by atoms with Crippen LogP contribution in [0.25, 0.3) is 67.7 Å². The number of carboxylic acid groups (broad SMARTS) is 1. The first-order chi connectivity index (χ1) is 55.0. The number of imide groups is 1. The molecule has 2 N–H and O–H groups in total. The Morgan fingerprint density at radius 1 is 0.379 bits per heavy atom. The molecule has 13 aromatic rings. The Labute approximate surface area is 680 Å². The highest BCUT2D eigenvalue weighted by Crippen LogP contribution is 2.52. The van der Waals surface area contributed by atoms with E-state index in [9.17, 15) is 34.2 Å². The normalized spacial score (nSPS) is 14.4. The average molecular weight is 1550 g/mol. The first-order valence-corrected chi connectivity index (χ1v) is 40.7. The van der Waals surface area contributed by atoms with Gasteiger partial charge in [-0.15, -0.1) is 0 Å². The van der Waals surface area contributed by atoms with Gasteiger partial charge in [-0.05, 0) is 236 Å². The predicted octanol–water partition coefficient (Wildman–Crippen LogP) is 24.9. The molecular weight excluding hydrogens is 1450 g/mol. The van der Waals surface area contributed by atoms with Gasteiger partial charge in [0.25, 0.3) is 23.2 Å². The van der Waals surface area contributed by atoms with Gasteiger partial charge in [0.15, 0.2) is 11.2 Å². The molecule has 1 unspecified atom stereocenters. The van der Waals surface area contributed by atoms with Crippen LogP contribution in [0.2, 0.25) is 0 Å². The number of aromatic nitrogens is 3. The van der Waals surface area contributed by atoms with Gasteiger partial charge in [-0.1, -0.05) is 216 Å². The van der Waals surface area contributed by atoms with Crippen molar-refractivity contribution in [3.05, 3.63) is 283 Å². The van der Waals surface area contributed by atoms with Crippen LogP contribution in [0.15, 0.2) is 201 Å². The molecule has 7 heterocycles. The number of anilines is 2. The number of nitrogens with zero attached hydrogens (tertiary/aromatic N) is 5. The van der Waals surface area contributed by atoms with Gasteiger partial charge in [-0.3, -0.25) is 14.4 Å². The van der Waals surface area contributed by atoms with Crippen LogP contribution in [0.4, 0.5) is 11.4 Å². The van der Waals surface area contributed by atoms with Gasteiger partial charge in [-0.2, -0.15) is 0 Å². The number of aryl methyl sites for hydroxylation is 1. The number of amides is 3. The van der Waals surface area contributed by atoms with Gasteiger partial charge in [0.2, 0.25) is 17.4 Å². The number of hydrogen-bond donors (Lipinski definition) is 2. The van der Waals surface area contributed by atoms with E-state index in [0.717, 1.165) is 77.8 Å². The summed E-state index contributed by atoms with van der Waals surface area (Å²) in [7, 11) is 0. The summed E-state index contributed by atoms with van der Waals surface area (Å²) in [6, 6.07) is 61.2. The maximum atomic E-state index is 13.0. The Hall–Kier alpha value is -11.9. The third-order valence-corrected chi connectivity index (χ3v) is 22.5. The first-order valence-electron chi connectivity index (χ1n) is 40.7. The van der Waals surface area contributed by atoms with Crippen molar-refractivity contribution in [2.45, 2.75) is 210 Å². The van der Waals surface area contributed by atoms with Crippen molar-refractivity contribution in [3.8, 4) is 40.1 Å². The minimum absolute atomic E-state index is 0.0113. The molecule has 0 aliphatic carbocycles. The quantitative estimate of drug-likeness (QED) is 0.0767.